The number of nitrogens with two attached hydrogens (primary N) is 1. The summed E-state index contributed by atoms with van der Waals surface area (Å²) < 4.78 is 5.32. The molecule has 0 fully saturated rings. The van der Waals surface area contributed by atoms with Crippen molar-refractivity contribution in [1.29, 1.82) is 0 Å². The molecule has 23 heavy (non-hydrogen) atoms. The summed E-state index contributed by atoms with van der Waals surface area (Å²) in [6.45, 7) is 2.15. The molecular weight excluding hydrogens is 318 g/mol. The van der Waals surface area contributed by atoms with Crippen molar-refractivity contribution in [2.45, 2.75) is 19.3 Å². The second kappa shape index (κ2) is 7.24. The molecule has 1 atom stereocenters. The summed E-state index contributed by atoms with van der Waals surface area (Å²) in [4.78, 5) is 11.6. The Labute approximate surface area is 139 Å². The van der Waals surface area contributed by atoms with Crippen LogP contribution in [0.2, 0.25) is 5.02 Å². The number of hydrogen-bond acceptors (Lipinski definition) is 4. The van der Waals surface area contributed by atoms with Crippen molar-refractivity contribution in [3.8, 4) is 11.5 Å². The molecule has 0 saturated heterocycles. The zero-order chi connectivity index (χ0) is 17.0. The summed E-state index contributed by atoms with van der Waals surface area (Å²) in [6, 6.07) is 9.88. The largest absolute Gasteiger partial charge is 0.503 e. The topological polar surface area (TPSA) is 92.8 Å². The maximum absolute atomic E-state index is 11.6. The van der Waals surface area contributed by atoms with Gasteiger partial charge in [-0.15, -0.1) is 0 Å². The van der Waals surface area contributed by atoms with Gasteiger partial charge in [0.25, 0.3) is 0 Å². The predicted molar refractivity (Wildman–Crippen MR) is 89.2 cm³/mol. The van der Waals surface area contributed by atoms with E-state index in [1.165, 1.54) is 0 Å². The molecule has 2 aromatic carbocycles. The van der Waals surface area contributed by atoms with Crippen molar-refractivity contribution < 1.29 is 19.7 Å². The molecule has 2 rings (SSSR count). The number of carbonyl (C=O) groups is 1. The molecule has 0 aromatic heterocycles. The van der Waals surface area contributed by atoms with Gasteiger partial charge in [-0.2, -0.15) is 0 Å². The second-order valence-electron chi connectivity index (χ2n) is 5.12. The normalized spacial score (nSPS) is 11.9. The molecule has 0 spiro atoms. The minimum absolute atomic E-state index is 0.132. The van der Waals surface area contributed by atoms with Gasteiger partial charge in [0.2, 0.25) is 0 Å². The van der Waals surface area contributed by atoms with Crippen LogP contribution in [0.25, 0.3) is 0 Å². The number of anilines is 1. The van der Waals surface area contributed by atoms with E-state index < -0.39 is 11.9 Å². The van der Waals surface area contributed by atoms with E-state index in [9.17, 15) is 15.0 Å². The lowest BCUT2D eigenvalue weighted by Gasteiger charge is -2.15. The number of aromatic hydroxyl groups is 1. The summed E-state index contributed by atoms with van der Waals surface area (Å²) >= 11 is 5.99. The predicted octanol–water partition coefficient (Wildman–Crippen LogP) is 3.44. The lowest BCUT2D eigenvalue weighted by atomic mass is 9.92. The molecule has 0 saturated carbocycles. The Balaban J connectivity index is 2.33. The highest BCUT2D eigenvalue weighted by Gasteiger charge is 2.22. The molecule has 2 aromatic rings. The van der Waals surface area contributed by atoms with Gasteiger partial charge in [-0.25, -0.2) is 0 Å². The highest BCUT2D eigenvalue weighted by Crippen LogP contribution is 2.36. The molecule has 0 amide bonds. The van der Waals surface area contributed by atoms with Crippen LogP contribution >= 0.6 is 11.6 Å². The van der Waals surface area contributed by atoms with Crippen LogP contribution < -0.4 is 10.5 Å². The van der Waals surface area contributed by atoms with Crippen LogP contribution in [0.1, 0.15) is 24.0 Å². The summed E-state index contributed by atoms with van der Waals surface area (Å²) in [5.41, 5.74) is 7.52. The third-order valence-electron chi connectivity index (χ3n) is 3.46. The molecule has 0 aliphatic carbocycles. The number of rotatable bonds is 6. The van der Waals surface area contributed by atoms with Crippen molar-refractivity contribution in [3.63, 3.8) is 0 Å². The molecule has 6 heteroatoms. The number of ether oxygens (including phenoxy) is 1. The molecule has 0 bridgehead atoms. The van der Waals surface area contributed by atoms with Gasteiger partial charge in [0.05, 0.1) is 17.5 Å². The molecule has 4 N–H and O–H groups in total. The van der Waals surface area contributed by atoms with E-state index in [0.717, 1.165) is 0 Å². The first-order chi connectivity index (χ1) is 10.9. The number of nitrogen functional groups attached to an aromatic ring is 1. The number of carboxylic acids is 1. The third-order valence-corrected chi connectivity index (χ3v) is 3.75. The fourth-order valence-electron chi connectivity index (χ4n) is 2.32. The first-order valence-corrected chi connectivity index (χ1v) is 7.52. The number of phenolic OH excluding ortho intramolecular Hbond substituents is 1. The van der Waals surface area contributed by atoms with Gasteiger partial charge >= 0.3 is 5.97 Å². The van der Waals surface area contributed by atoms with Crippen LogP contribution in [-0.2, 0) is 11.2 Å². The molecule has 0 aliphatic heterocycles. The molecule has 122 valence electrons. The minimum Gasteiger partial charge on any atom is -0.503 e. The highest BCUT2D eigenvalue weighted by molar-refractivity contribution is 6.32. The van der Waals surface area contributed by atoms with Gasteiger partial charge in [-0.05, 0) is 48.7 Å². The van der Waals surface area contributed by atoms with Crippen LogP contribution in [0.3, 0.4) is 0 Å². The Morgan fingerprint density at radius 2 is 1.96 bits per heavy atom. The Morgan fingerprint density at radius 1 is 1.30 bits per heavy atom. The van der Waals surface area contributed by atoms with Gasteiger partial charge in [-0.1, -0.05) is 23.7 Å². The average molecular weight is 336 g/mol. The summed E-state index contributed by atoms with van der Waals surface area (Å²) in [7, 11) is 0. The Hall–Kier alpha value is -2.40. The van der Waals surface area contributed by atoms with Gasteiger partial charge < -0.3 is 20.7 Å². The first kappa shape index (κ1) is 17.0. The van der Waals surface area contributed by atoms with Gasteiger partial charge in [0.15, 0.2) is 11.5 Å². The molecule has 1 unspecified atom stereocenters. The van der Waals surface area contributed by atoms with Crippen molar-refractivity contribution >= 4 is 23.3 Å². The zero-order valence-electron chi connectivity index (χ0n) is 12.6. The Bertz CT molecular complexity index is 700. The number of aliphatic carboxylic acids is 1. The highest BCUT2D eigenvalue weighted by atomic mass is 35.5. The third kappa shape index (κ3) is 4.07. The molecular formula is C17H18ClNO4. The quantitative estimate of drug-likeness (QED) is 0.703. The average Bonchev–Trinajstić information content (AvgIpc) is 2.50. The van der Waals surface area contributed by atoms with Crippen LogP contribution in [0.4, 0.5) is 5.69 Å². The summed E-state index contributed by atoms with van der Waals surface area (Å²) in [5.74, 6) is -1.59. The van der Waals surface area contributed by atoms with Crippen LogP contribution in [0, 0.1) is 0 Å². The van der Waals surface area contributed by atoms with E-state index in [0.29, 0.717) is 23.4 Å². The van der Waals surface area contributed by atoms with Crippen LogP contribution in [-0.4, -0.2) is 22.8 Å². The molecule has 0 heterocycles. The lowest BCUT2D eigenvalue weighted by molar-refractivity contribution is -0.138. The van der Waals surface area contributed by atoms with Crippen molar-refractivity contribution in [2.24, 2.45) is 0 Å². The van der Waals surface area contributed by atoms with Crippen LogP contribution in [0.5, 0.6) is 11.5 Å². The fraction of sp³-hybridized carbons (Fsp3) is 0.235. The monoisotopic (exact) mass is 335 g/mol. The van der Waals surface area contributed by atoms with Gasteiger partial charge in [0.1, 0.15) is 0 Å². The zero-order valence-corrected chi connectivity index (χ0v) is 13.4. The van der Waals surface area contributed by atoms with E-state index >= 15 is 0 Å². The van der Waals surface area contributed by atoms with Crippen molar-refractivity contribution in [3.05, 3.63) is 52.5 Å². The van der Waals surface area contributed by atoms with Gasteiger partial charge in [-0.3, -0.25) is 4.79 Å². The van der Waals surface area contributed by atoms with E-state index in [-0.39, 0.29) is 22.9 Å². The molecule has 5 nitrogen and oxygen atoms in total. The molecule has 0 radical (unpaired) electrons. The second-order valence-corrected chi connectivity index (χ2v) is 5.53. The van der Waals surface area contributed by atoms with Crippen LogP contribution in [0.15, 0.2) is 36.4 Å². The summed E-state index contributed by atoms with van der Waals surface area (Å²) in [6.07, 6.45) is 0.222. The summed E-state index contributed by atoms with van der Waals surface area (Å²) in [5, 5.41) is 19.5. The minimum atomic E-state index is -0.947. The SMILES string of the molecule is CCOc1cc(CC(C(=O)O)c2ccc(N)cc2)cc(Cl)c1O. The standard InChI is InChI=1S/C17H18ClNO4/c1-2-23-15-9-10(8-14(18)16(15)20)7-13(17(21)22)11-3-5-12(19)6-4-11/h3-6,8-9,13,20H,2,7,19H2,1H3,(H,21,22). The lowest BCUT2D eigenvalue weighted by Crippen LogP contribution is -2.14. The van der Waals surface area contributed by atoms with E-state index in [4.69, 9.17) is 22.1 Å². The van der Waals surface area contributed by atoms with Crippen molar-refractivity contribution in [1.82, 2.24) is 0 Å². The van der Waals surface area contributed by atoms with Gasteiger partial charge in [0, 0.05) is 5.69 Å². The van der Waals surface area contributed by atoms with E-state index in [2.05, 4.69) is 0 Å². The maximum Gasteiger partial charge on any atom is 0.311 e. The van der Waals surface area contributed by atoms with E-state index in [1.807, 2.05) is 0 Å². The Kier molecular flexibility index (Phi) is 5.34. The molecule has 0 aliphatic rings. The number of benzene rings is 2. The number of hydrogen-bond donors (Lipinski definition) is 3. The smallest absolute Gasteiger partial charge is 0.311 e. The number of phenols is 1. The Morgan fingerprint density at radius 3 is 2.52 bits per heavy atom. The fourth-order valence-corrected chi connectivity index (χ4v) is 2.56. The number of halogens is 1. The van der Waals surface area contributed by atoms with E-state index in [1.54, 1.807) is 43.3 Å². The number of carboxylic acid groups (broad SMARTS) is 1. The first-order valence-electron chi connectivity index (χ1n) is 7.14. The maximum atomic E-state index is 11.6. The van der Waals surface area contributed by atoms with Crippen molar-refractivity contribution in [2.75, 3.05) is 12.3 Å².